The number of rotatable bonds is 6. The predicted octanol–water partition coefficient (Wildman–Crippen LogP) is -0.109. The Labute approximate surface area is 79.0 Å². The molecule has 1 saturated heterocycles. The van der Waals surface area contributed by atoms with Crippen LogP contribution in [-0.2, 0) is 9.53 Å². The molecular weight excluding hydrogens is 168 g/mol. The standard InChI is InChI=1S/C9H18N2O2/c1-2-3-4-10-9(12)5-11-8-6-13-7-8/h8,11H,2-7H2,1H3,(H,10,12). The summed E-state index contributed by atoms with van der Waals surface area (Å²) in [5, 5.41) is 5.95. The number of ether oxygens (including phenoxy) is 1. The molecule has 1 aliphatic rings. The third kappa shape index (κ3) is 4.24. The minimum absolute atomic E-state index is 0.0837. The van der Waals surface area contributed by atoms with Crippen LogP contribution in [-0.4, -0.2) is 38.3 Å². The number of unbranched alkanes of at least 4 members (excludes halogenated alkanes) is 1. The van der Waals surface area contributed by atoms with Crippen molar-refractivity contribution in [2.75, 3.05) is 26.3 Å². The lowest BCUT2D eigenvalue weighted by atomic mass is 10.2. The molecule has 4 heteroatoms. The maximum Gasteiger partial charge on any atom is 0.233 e. The minimum Gasteiger partial charge on any atom is -0.378 e. The van der Waals surface area contributed by atoms with Gasteiger partial charge >= 0.3 is 0 Å². The van der Waals surface area contributed by atoms with E-state index in [1.165, 1.54) is 0 Å². The van der Waals surface area contributed by atoms with E-state index in [4.69, 9.17) is 4.74 Å². The van der Waals surface area contributed by atoms with Crippen molar-refractivity contribution in [1.29, 1.82) is 0 Å². The van der Waals surface area contributed by atoms with Crippen molar-refractivity contribution in [3.63, 3.8) is 0 Å². The summed E-state index contributed by atoms with van der Waals surface area (Å²) in [4.78, 5) is 11.1. The molecule has 0 aromatic rings. The van der Waals surface area contributed by atoms with Crippen molar-refractivity contribution in [1.82, 2.24) is 10.6 Å². The molecule has 4 nitrogen and oxygen atoms in total. The van der Waals surface area contributed by atoms with E-state index in [2.05, 4.69) is 17.6 Å². The lowest BCUT2D eigenvalue weighted by Crippen LogP contribution is -2.49. The number of amides is 1. The van der Waals surface area contributed by atoms with Gasteiger partial charge in [-0.3, -0.25) is 4.79 Å². The summed E-state index contributed by atoms with van der Waals surface area (Å²) in [6.07, 6.45) is 2.17. The average Bonchev–Trinajstić information content (AvgIpc) is 2.02. The zero-order valence-electron chi connectivity index (χ0n) is 8.14. The second-order valence-electron chi connectivity index (χ2n) is 3.32. The van der Waals surface area contributed by atoms with Crippen LogP contribution in [0.2, 0.25) is 0 Å². The van der Waals surface area contributed by atoms with Crippen molar-refractivity contribution < 1.29 is 9.53 Å². The van der Waals surface area contributed by atoms with E-state index in [1.807, 2.05) is 0 Å². The van der Waals surface area contributed by atoms with E-state index in [9.17, 15) is 4.79 Å². The number of carbonyl (C=O) groups is 1. The van der Waals surface area contributed by atoms with E-state index >= 15 is 0 Å². The molecule has 0 unspecified atom stereocenters. The van der Waals surface area contributed by atoms with Gasteiger partial charge in [0, 0.05) is 6.54 Å². The van der Waals surface area contributed by atoms with E-state index in [-0.39, 0.29) is 5.91 Å². The van der Waals surface area contributed by atoms with Gasteiger partial charge in [-0.2, -0.15) is 0 Å². The summed E-state index contributed by atoms with van der Waals surface area (Å²) in [5.41, 5.74) is 0. The first-order chi connectivity index (χ1) is 6.33. The number of hydrogen-bond donors (Lipinski definition) is 2. The van der Waals surface area contributed by atoms with E-state index in [0.29, 0.717) is 12.6 Å². The predicted molar refractivity (Wildman–Crippen MR) is 50.5 cm³/mol. The minimum atomic E-state index is 0.0837. The Bertz CT molecular complexity index is 158. The Morgan fingerprint density at radius 2 is 2.31 bits per heavy atom. The third-order valence-electron chi connectivity index (χ3n) is 2.04. The second kappa shape index (κ2) is 5.94. The van der Waals surface area contributed by atoms with Crippen molar-refractivity contribution in [2.45, 2.75) is 25.8 Å². The zero-order valence-corrected chi connectivity index (χ0v) is 8.14. The molecule has 76 valence electrons. The van der Waals surface area contributed by atoms with Gasteiger partial charge < -0.3 is 15.4 Å². The molecule has 0 saturated carbocycles. The van der Waals surface area contributed by atoms with Crippen LogP contribution in [0.4, 0.5) is 0 Å². The lowest BCUT2D eigenvalue weighted by molar-refractivity contribution is -0.121. The molecule has 1 rings (SSSR count). The largest absolute Gasteiger partial charge is 0.378 e. The normalized spacial score (nSPS) is 16.7. The number of nitrogens with one attached hydrogen (secondary N) is 2. The maximum atomic E-state index is 11.1. The van der Waals surface area contributed by atoms with Crippen LogP contribution >= 0.6 is 0 Å². The topological polar surface area (TPSA) is 50.4 Å². The number of hydrogen-bond acceptors (Lipinski definition) is 3. The fraction of sp³-hybridized carbons (Fsp3) is 0.889. The summed E-state index contributed by atoms with van der Waals surface area (Å²) in [7, 11) is 0. The molecule has 1 amide bonds. The third-order valence-corrected chi connectivity index (χ3v) is 2.04. The van der Waals surface area contributed by atoms with Gasteiger partial charge in [-0.05, 0) is 6.42 Å². The second-order valence-corrected chi connectivity index (χ2v) is 3.32. The molecule has 0 bridgehead atoms. The Hall–Kier alpha value is -0.610. The highest BCUT2D eigenvalue weighted by Gasteiger charge is 2.17. The molecule has 1 heterocycles. The molecule has 1 aliphatic heterocycles. The maximum absolute atomic E-state index is 11.1. The molecule has 1 fully saturated rings. The molecule has 0 atom stereocenters. The Kier molecular flexibility index (Phi) is 4.78. The summed E-state index contributed by atoms with van der Waals surface area (Å²) >= 11 is 0. The van der Waals surface area contributed by atoms with Crippen LogP contribution in [0.15, 0.2) is 0 Å². The van der Waals surface area contributed by atoms with Crippen molar-refractivity contribution in [3.8, 4) is 0 Å². The first kappa shape index (κ1) is 10.5. The Balaban J connectivity index is 1.90. The van der Waals surface area contributed by atoms with Gasteiger partial charge in [-0.1, -0.05) is 13.3 Å². The van der Waals surface area contributed by atoms with Gasteiger partial charge in [0.05, 0.1) is 25.8 Å². The number of carbonyl (C=O) groups excluding carboxylic acids is 1. The first-order valence-electron chi connectivity index (χ1n) is 4.90. The van der Waals surface area contributed by atoms with Crippen LogP contribution < -0.4 is 10.6 Å². The summed E-state index contributed by atoms with van der Waals surface area (Å²) in [6.45, 7) is 4.79. The summed E-state index contributed by atoms with van der Waals surface area (Å²) in [6, 6.07) is 0.386. The van der Waals surface area contributed by atoms with Gasteiger partial charge in [0.1, 0.15) is 0 Å². The highest BCUT2D eigenvalue weighted by molar-refractivity contribution is 5.77. The van der Waals surface area contributed by atoms with Gasteiger partial charge in [0.25, 0.3) is 0 Å². The molecule has 0 aliphatic carbocycles. The Morgan fingerprint density at radius 3 is 2.85 bits per heavy atom. The van der Waals surface area contributed by atoms with Gasteiger partial charge in [0.2, 0.25) is 5.91 Å². The molecule has 0 radical (unpaired) electrons. The molecule has 13 heavy (non-hydrogen) atoms. The van der Waals surface area contributed by atoms with Crippen LogP contribution in [0.25, 0.3) is 0 Å². The smallest absolute Gasteiger partial charge is 0.233 e. The summed E-state index contributed by atoms with van der Waals surface area (Å²) < 4.78 is 4.97. The van der Waals surface area contributed by atoms with Gasteiger partial charge in [-0.15, -0.1) is 0 Å². The van der Waals surface area contributed by atoms with Crippen molar-refractivity contribution in [3.05, 3.63) is 0 Å². The first-order valence-corrected chi connectivity index (χ1v) is 4.90. The summed E-state index contributed by atoms with van der Waals surface area (Å²) in [5.74, 6) is 0.0837. The molecule has 2 N–H and O–H groups in total. The molecular formula is C9H18N2O2. The SMILES string of the molecule is CCCCNC(=O)CNC1COC1. The van der Waals surface area contributed by atoms with Crippen LogP contribution in [0.3, 0.4) is 0 Å². The van der Waals surface area contributed by atoms with E-state index < -0.39 is 0 Å². The van der Waals surface area contributed by atoms with Crippen molar-refractivity contribution >= 4 is 5.91 Å². The molecule has 0 spiro atoms. The van der Waals surface area contributed by atoms with Crippen molar-refractivity contribution in [2.24, 2.45) is 0 Å². The average molecular weight is 186 g/mol. The Morgan fingerprint density at radius 1 is 1.54 bits per heavy atom. The van der Waals surface area contributed by atoms with Gasteiger partial charge in [-0.25, -0.2) is 0 Å². The monoisotopic (exact) mass is 186 g/mol. The van der Waals surface area contributed by atoms with Crippen LogP contribution in [0.5, 0.6) is 0 Å². The van der Waals surface area contributed by atoms with Gasteiger partial charge in [0.15, 0.2) is 0 Å². The van der Waals surface area contributed by atoms with E-state index in [0.717, 1.165) is 32.6 Å². The zero-order chi connectivity index (χ0) is 9.52. The molecule has 0 aromatic carbocycles. The highest BCUT2D eigenvalue weighted by Crippen LogP contribution is 1.97. The fourth-order valence-electron chi connectivity index (χ4n) is 1.06. The van der Waals surface area contributed by atoms with E-state index in [1.54, 1.807) is 0 Å². The van der Waals surface area contributed by atoms with Crippen LogP contribution in [0, 0.1) is 0 Å². The quantitative estimate of drug-likeness (QED) is 0.569. The fourth-order valence-corrected chi connectivity index (χ4v) is 1.06. The lowest BCUT2D eigenvalue weighted by Gasteiger charge is -2.26. The van der Waals surface area contributed by atoms with Crippen LogP contribution in [0.1, 0.15) is 19.8 Å². The highest BCUT2D eigenvalue weighted by atomic mass is 16.5. The molecule has 0 aromatic heterocycles.